The Morgan fingerprint density at radius 1 is 0.415 bits per heavy atom. The second-order valence-electron chi connectivity index (χ2n) is 13.6. The average molecular weight is 677 g/mol. The molecule has 0 atom stereocenters. The van der Waals surface area contributed by atoms with Crippen molar-refractivity contribution in [3.8, 4) is 44.5 Å². The zero-order chi connectivity index (χ0) is 35.5. The predicted octanol–water partition coefficient (Wildman–Crippen LogP) is 13.3. The van der Waals surface area contributed by atoms with Gasteiger partial charge in [0.05, 0.1) is 0 Å². The summed E-state index contributed by atoms with van der Waals surface area (Å²) in [5.74, 6) is 0. The fourth-order valence-electron chi connectivity index (χ4n) is 8.16. The molecule has 53 heavy (non-hydrogen) atoms. The van der Waals surface area contributed by atoms with E-state index in [0.29, 0.717) is 0 Å². The van der Waals surface area contributed by atoms with Crippen LogP contribution in [0.15, 0.2) is 179 Å². The number of furan rings is 2. The topological polar surface area (TPSA) is 26.3 Å². The number of allylic oxidation sites excluding steroid dienone is 1. The molecule has 10 rings (SSSR count). The van der Waals surface area contributed by atoms with Crippen molar-refractivity contribution >= 4 is 67.6 Å². The van der Waals surface area contributed by atoms with Crippen LogP contribution in [0.4, 0.5) is 0 Å². The number of para-hydroxylation sites is 2. The van der Waals surface area contributed by atoms with E-state index in [1.165, 1.54) is 54.8 Å². The molecule has 0 saturated heterocycles. The fourth-order valence-corrected chi connectivity index (χ4v) is 8.16. The Hall–Kier alpha value is -6.71. The van der Waals surface area contributed by atoms with Gasteiger partial charge in [0.1, 0.15) is 0 Å². The van der Waals surface area contributed by atoms with Crippen molar-refractivity contribution in [3.05, 3.63) is 181 Å². The summed E-state index contributed by atoms with van der Waals surface area (Å²) in [5, 5.41) is 9.34. The fraction of sp³-hybridized carbons (Fsp3) is 0.0200. The molecule has 2 heterocycles. The molecule has 0 radical (unpaired) electrons. The minimum absolute atomic E-state index is 0.908. The Morgan fingerprint density at radius 3 is 1.30 bits per heavy atom. The van der Waals surface area contributed by atoms with E-state index in [1.54, 1.807) is 0 Å². The second-order valence-corrected chi connectivity index (χ2v) is 13.6. The first-order chi connectivity index (χ1) is 26.2. The summed E-state index contributed by atoms with van der Waals surface area (Å²) in [6.45, 7) is 8.52. The van der Waals surface area contributed by atoms with Crippen LogP contribution >= 0.6 is 0 Å². The molecule has 2 nitrogen and oxygen atoms in total. The third-order valence-corrected chi connectivity index (χ3v) is 10.6. The van der Waals surface area contributed by atoms with E-state index >= 15 is 0 Å². The van der Waals surface area contributed by atoms with E-state index < -0.39 is 0 Å². The van der Waals surface area contributed by atoms with Gasteiger partial charge in [0.25, 0.3) is 0 Å². The normalized spacial score (nSPS) is 12.4. The third-order valence-electron chi connectivity index (χ3n) is 10.6. The summed E-state index contributed by atoms with van der Waals surface area (Å²) < 4.78 is 12.2. The molecule has 0 aliphatic heterocycles. The molecular formula is C50H33BO2. The summed E-state index contributed by atoms with van der Waals surface area (Å²) in [6, 6.07) is 56.1. The van der Waals surface area contributed by atoms with E-state index in [-0.39, 0.29) is 0 Å². The van der Waals surface area contributed by atoms with Gasteiger partial charge in [-0.05, 0) is 6.07 Å². The molecule has 0 spiro atoms. The van der Waals surface area contributed by atoms with Crippen molar-refractivity contribution in [1.29, 1.82) is 0 Å². The summed E-state index contributed by atoms with van der Waals surface area (Å²) in [7, 11) is 0. The molecule has 0 fully saturated rings. The van der Waals surface area contributed by atoms with Gasteiger partial charge in [-0.15, -0.1) is 0 Å². The van der Waals surface area contributed by atoms with Crippen LogP contribution in [0, 0.1) is 5.11 Å². The summed E-state index contributed by atoms with van der Waals surface area (Å²) in [5.41, 5.74) is 13.1. The maximum absolute atomic E-state index is 6.09. The van der Waals surface area contributed by atoms with Crippen LogP contribution in [-0.2, 0) is 0 Å². The van der Waals surface area contributed by atoms with Crippen molar-refractivity contribution in [3.63, 3.8) is 0 Å². The van der Waals surface area contributed by atoms with Crippen molar-refractivity contribution in [2.75, 3.05) is 0 Å². The van der Waals surface area contributed by atoms with Crippen LogP contribution < -0.4 is 5.22 Å². The zero-order valence-electron chi connectivity index (χ0n) is 29.3. The van der Waals surface area contributed by atoms with Crippen molar-refractivity contribution < 1.29 is 8.83 Å². The van der Waals surface area contributed by atoms with Crippen LogP contribution in [0.5, 0.6) is 0 Å². The molecule has 0 bridgehead atoms. The van der Waals surface area contributed by atoms with Crippen molar-refractivity contribution in [2.24, 2.45) is 0 Å². The van der Waals surface area contributed by atoms with E-state index in [2.05, 4.69) is 160 Å². The van der Waals surface area contributed by atoms with Crippen LogP contribution in [0.3, 0.4) is 0 Å². The summed E-state index contributed by atoms with van der Waals surface area (Å²) in [6.07, 6.45) is 4.06. The number of rotatable bonds is 5. The minimum atomic E-state index is 0.908. The van der Waals surface area contributed by atoms with Gasteiger partial charge < -0.3 is 0 Å². The Morgan fingerprint density at radius 2 is 0.811 bits per heavy atom. The Balaban J connectivity index is 1.08. The summed E-state index contributed by atoms with van der Waals surface area (Å²) >= 11 is 0. The molecular weight excluding hydrogens is 643 g/mol. The first-order valence-electron chi connectivity index (χ1n) is 18.1. The molecule has 2 aromatic heterocycles. The quantitative estimate of drug-likeness (QED) is 0.170. The van der Waals surface area contributed by atoms with Gasteiger partial charge in [0.15, 0.2) is 0 Å². The van der Waals surface area contributed by atoms with Gasteiger partial charge in [-0.2, -0.15) is 0 Å². The van der Waals surface area contributed by atoms with Gasteiger partial charge in [0.2, 0.25) is 0 Å². The number of hydrogen-bond acceptors (Lipinski definition) is 2. The Labute approximate surface area is 307 Å². The molecule has 10 aromatic rings. The SMILES string of the molecule is C=C/C=c1/c(-c2ccc(-c3ccc4oc5ccccc5c4c3)cc2)c2ccccc2c(-c2ccc(-c3ccc4oc5ccccc5c4c3)cc2)/c1=B/C. The van der Waals surface area contributed by atoms with E-state index in [1.807, 2.05) is 30.3 Å². The molecule has 0 aliphatic rings. The van der Waals surface area contributed by atoms with Crippen LogP contribution in [0.1, 0.15) is 0 Å². The molecule has 8 aromatic carbocycles. The molecule has 0 unspecified atom stereocenters. The second kappa shape index (κ2) is 12.5. The van der Waals surface area contributed by atoms with Crippen molar-refractivity contribution in [1.82, 2.24) is 0 Å². The number of benzene rings is 8. The molecule has 0 amide bonds. The predicted molar refractivity (Wildman–Crippen MR) is 225 cm³/mol. The van der Waals surface area contributed by atoms with Gasteiger partial charge in [-0.1, -0.05) is 18.2 Å². The van der Waals surface area contributed by atoms with E-state index in [0.717, 1.165) is 54.7 Å². The monoisotopic (exact) mass is 676 g/mol. The molecule has 248 valence electrons. The zero-order valence-corrected chi connectivity index (χ0v) is 29.3. The van der Waals surface area contributed by atoms with Gasteiger partial charge in [-0.3, -0.25) is 0 Å². The standard InChI is InChI=1S/C50H33BO2/c1-3-10-41-48(33-21-17-31(18-22-33)35-25-27-46-42(29-35)37-11-6-8-15-44(37)52-46)39-13-4-5-14-40(39)49(50(41)51-2)34-23-19-32(20-24-34)36-26-28-47-43(30-36)38-12-7-9-16-45(38)53-47/h3-30H,1H2,2H3/b41-10-. The van der Waals surface area contributed by atoms with Crippen LogP contribution in [0.25, 0.3) is 105 Å². The maximum atomic E-state index is 6.09. The summed E-state index contributed by atoms with van der Waals surface area (Å²) in [4.78, 5) is 0. The van der Waals surface area contributed by atoms with Crippen molar-refractivity contribution in [2.45, 2.75) is 6.82 Å². The van der Waals surface area contributed by atoms with Gasteiger partial charge in [-0.25, -0.2) is 0 Å². The molecule has 0 aliphatic carbocycles. The molecule has 3 heteroatoms. The van der Waals surface area contributed by atoms with E-state index in [4.69, 9.17) is 8.83 Å². The average Bonchev–Trinajstić information content (AvgIpc) is 3.78. The third kappa shape index (κ3) is 5.08. The van der Waals surface area contributed by atoms with Crippen LogP contribution in [0.2, 0.25) is 6.82 Å². The van der Waals surface area contributed by atoms with Crippen LogP contribution in [-0.4, -0.2) is 6.92 Å². The first kappa shape index (κ1) is 31.1. The van der Waals surface area contributed by atoms with E-state index in [9.17, 15) is 0 Å². The molecule has 0 saturated carbocycles. The Kier molecular flexibility index (Phi) is 7.33. The number of hydrogen-bond donors (Lipinski definition) is 0. The molecule has 0 N–H and O–H groups in total. The van der Waals surface area contributed by atoms with Gasteiger partial charge in [0, 0.05) is 0 Å². The van der Waals surface area contributed by atoms with Gasteiger partial charge >= 0.3 is 284 Å². The Bertz CT molecular complexity index is 3180. The number of fused-ring (bicyclic) bond motifs is 7. The first-order valence-corrected chi connectivity index (χ1v) is 18.1.